The normalized spacial score (nSPS) is 11.4. The zero-order valence-electron chi connectivity index (χ0n) is 10.1. The first kappa shape index (κ1) is 13.9. The summed E-state index contributed by atoms with van der Waals surface area (Å²) in [5, 5.41) is 12.0. The van der Waals surface area contributed by atoms with Gasteiger partial charge >= 0.3 is 12.1 Å². The number of ether oxygens (including phenoxy) is 1. The molecule has 0 fully saturated rings. The fraction of sp³-hybridized carbons (Fsp3) is 0.167. The van der Waals surface area contributed by atoms with Crippen LogP contribution in [0.4, 0.5) is 13.2 Å². The van der Waals surface area contributed by atoms with Crippen molar-refractivity contribution in [1.29, 1.82) is 0 Å². The summed E-state index contributed by atoms with van der Waals surface area (Å²) >= 11 is 0. The quantitative estimate of drug-likeness (QED) is 0.939. The molecule has 0 bridgehead atoms. The van der Waals surface area contributed by atoms with Crippen molar-refractivity contribution in [1.82, 2.24) is 5.16 Å². The molecule has 0 aliphatic rings. The van der Waals surface area contributed by atoms with Gasteiger partial charge in [-0.25, -0.2) is 4.79 Å². The molecule has 0 aliphatic heterocycles. The fourth-order valence-electron chi connectivity index (χ4n) is 1.59. The van der Waals surface area contributed by atoms with E-state index >= 15 is 0 Å². The number of carboxylic acid groups (broad SMARTS) is 1. The second-order valence-corrected chi connectivity index (χ2v) is 3.79. The summed E-state index contributed by atoms with van der Waals surface area (Å²) in [4.78, 5) is 10.7. The molecule has 2 rings (SSSR count). The van der Waals surface area contributed by atoms with E-state index in [0.717, 1.165) is 31.4 Å². The van der Waals surface area contributed by atoms with Gasteiger partial charge < -0.3 is 14.4 Å². The summed E-state index contributed by atoms with van der Waals surface area (Å²) < 4.78 is 47.5. The van der Waals surface area contributed by atoms with Crippen molar-refractivity contribution in [3.8, 4) is 17.1 Å². The zero-order chi connectivity index (χ0) is 14.9. The number of hydrogen-bond donors (Lipinski definition) is 1. The number of halogens is 3. The van der Waals surface area contributed by atoms with Crippen LogP contribution in [0.15, 0.2) is 28.8 Å². The van der Waals surface area contributed by atoms with Crippen LogP contribution in [0, 0.1) is 0 Å². The van der Waals surface area contributed by atoms with Gasteiger partial charge in [-0.2, -0.15) is 13.2 Å². The Morgan fingerprint density at radius 1 is 1.35 bits per heavy atom. The highest BCUT2D eigenvalue weighted by atomic mass is 19.4. The summed E-state index contributed by atoms with van der Waals surface area (Å²) in [6.45, 7) is 0. The van der Waals surface area contributed by atoms with E-state index in [1.54, 1.807) is 0 Å². The van der Waals surface area contributed by atoms with Gasteiger partial charge in [-0.15, -0.1) is 0 Å². The maximum atomic E-state index is 12.7. The molecule has 20 heavy (non-hydrogen) atoms. The molecule has 8 heteroatoms. The van der Waals surface area contributed by atoms with Gasteiger partial charge in [0.05, 0.1) is 12.7 Å². The lowest BCUT2D eigenvalue weighted by Crippen LogP contribution is -2.07. The lowest BCUT2D eigenvalue weighted by Gasteiger charge is -2.12. The summed E-state index contributed by atoms with van der Waals surface area (Å²) in [7, 11) is 1.11. The van der Waals surface area contributed by atoms with Crippen LogP contribution in [0.2, 0.25) is 0 Å². The number of aromatic carboxylic acids is 1. The van der Waals surface area contributed by atoms with Crippen LogP contribution in [0.1, 0.15) is 16.1 Å². The molecule has 1 heterocycles. The number of hydrogen-bond acceptors (Lipinski definition) is 4. The Hall–Kier alpha value is -2.51. The number of nitrogens with zero attached hydrogens (tertiary/aromatic N) is 1. The van der Waals surface area contributed by atoms with Gasteiger partial charge in [0.15, 0.2) is 11.5 Å². The first-order chi connectivity index (χ1) is 9.32. The molecule has 2 aromatic rings. The number of carboxylic acids is 1. The Kier molecular flexibility index (Phi) is 3.39. The number of methoxy groups -OCH3 is 1. The number of alkyl halides is 3. The molecular formula is C12H8F3NO4. The summed E-state index contributed by atoms with van der Waals surface area (Å²) in [5.41, 5.74) is -1.03. The fourth-order valence-corrected chi connectivity index (χ4v) is 1.59. The van der Waals surface area contributed by atoms with Gasteiger partial charge in [0.2, 0.25) is 0 Å². The van der Waals surface area contributed by atoms with E-state index < -0.39 is 17.7 Å². The van der Waals surface area contributed by atoms with Gasteiger partial charge in [-0.05, 0) is 12.1 Å². The van der Waals surface area contributed by atoms with Crippen molar-refractivity contribution in [3.63, 3.8) is 0 Å². The number of benzene rings is 1. The average molecular weight is 287 g/mol. The molecule has 0 radical (unpaired) electrons. The smallest absolute Gasteiger partial charge is 0.419 e. The highest BCUT2D eigenvalue weighted by molar-refractivity contribution is 5.86. The summed E-state index contributed by atoms with van der Waals surface area (Å²) in [6.07, 6.45) is -4.54. The Bertz CT molecular complexity index is 648. The predicted octanol–water partition coefficient (Wildman–Crippen LogP) is 3.07. The van der Waals surface area contributed by atoms with Crippen molar-refractivity contribution in [2.75, 3.05) is 7.11 Å². The van der Waals surface area contributed by atoms with Crippen LogP contribution < -0.4 is 4.74 Å². The Balaban J connectivity index is 2.46. The van der Waals surface area contributed by atoms with Gasteiger partial charge in [0.25, 0.3) is 0 Å². The molecule has 0 aliphatic carbocycles. The first-order valence-corrected chi connectivity index (χ1v) is 5.28. The molecule has 0 spiro atoms. The minimum absolute atomic E-state index is 0.0365. The van der Waals surface area contributed by atoms with E-state index in [2.05, 4.69) is 9.89 Å². The van der Waals surface area contributed by atoms with Crippen molar-refractivity contribution in [2.45, 2.75) is 6.18 Å². The van der Waals surface area contributed by atoms with Crippen LogP contribution in [-0.2, 0) is 6.18 Å². The molecule has 0 saturated carbocycles. The number of rotatable bonds is 3. The van der Waals surface area contributed by atoms with Crippen molar-refractivity contribution >= 4 is 5.97 Å². The lowest BCUT2D eigenvalue weighted by atomic mass is 10.1. The molecular weight excluding hydrogens is 279 g/mol. The third-order valence-corrected chi connectivity index (χ3v) is 2.52. The van der Waals surface area contributed by atoms with Gasteiger partial charge in [0.1, 0.15) is 5.75 Å². The highest BCUT2D eigenvalue weighted by Crippen LogP contribution is 2.38. The minimum Gasteiger partial charge on any atom is -0.496 e. The lowest BCUT2D eigenvalue weighted by molar-refractivity contribution is -0.138. The Morgan fingerprint density at radius 2 is 2.05 bits per heavy atom. The molecule has 0 saturated heterocycles. The molecule has 1 aromatic heterocycles. The average Bonchev–Trinajstić information content (AvgIpc) is 2.86. The van der Waals surface area contributed by atoms with Crippen molar-refractivity contribution in [3.05, 3.63) is 35.5 Å². The van der Waals surface area contributed by atoms with Gasteiger partial charge in [-0.3, -0.25) is 0 Å². The molecule has 0 amide bonds. The Labute approximate surface area is 110 Å². The van der Waals surface area contributed by atoms with Crippen molar-refractivity contribution < 1.29 is 32.3 Å². The molecule has 1 N–H and O–H groups in total. The SMILES string of the molecule is COc1cc(-c2cc(C(=O)O)no2)ccc1C(F)(F)F. The monoisotopic (exact) mass is 287 g/mol. The van der Waals surface area contributed by atoms with E-state index in [4.69, 9.17) is 9.63 Å². The predicted molar refractivity (Wildman–Crippen MR) is 60.5 cm³/mol. The van der Waals surface area contributed by atoms with Gasteiger partial charge in [-0.1, -0.05) is 11.2 Å². The van der Waals surface area contributed by atoms with E-state index in [9.17, 15) is 18.0 Å². The maximum Gasteiger partial charge on any atom is 0.419 e. The Morgan fingerprint density at radius 3 is 2.55 bits per heavy atom. The van der Waals surface area contributed by atoms with Crippen LogP contribution in [-0.4, -0.2) is 23.3 Å². The third-order valence-electron chi connectivity index (χ3n) is 2.52. The topological polar surface area (TPSA) is 72.6 Å². The van der Waals surface area contributed by atoms with E-state index in [-0.39, 0.29) is 22.8 Å². The molecule has 0 atom stereocenters. The second kappa shape index (κ2) is 4.87. The standard InChI is InChI=1S/C12H8F3NO4/c1-19-10-4-6(2-3-7(10)12(13,14)15)9-5-8(11(17)18)16-20-9/h2-5H,1H3,(H,17,18). The number of aromatic nitrogens is 1. The van der Waals surface area contributed by atoms with Crippen LogP contribution in [0.25, 0.3) is 11.3 Å². The van der Waals surface area contributed by atoms with Crippen LogP contribution >= 0.6 is 0 Å². The molecule has 106 valence electrons. The minimum atomic E-state index is -4.54. The molecule has 0 unspecified atom stereocenters. The zero-order valence-corrected chi connectivity index (χ0v) is 10.1. The maximum absolute atomic E-state index is 12.7. The van der Waals surface area contributed by atoms with E-state index in [1.807, 2.05) is 0 Å². The van der Waals surface area contributed by atoms with Gasteiger partial charge in [0, 0.05) is 11.6 Å². The summed E-state index contributed by atoms with van der Waals surface area (Å²) in [6, 6.07) is 4.20. The van der Waals surface area contributed by atoms with Crippen LogP contribution in [0.3, 0.4) is 0 Å². The highest BCUT2D eigenvalue weighted by Gasteiger charge is 2.34. The van der Waals surface area contributed by atoms with E-state index in [0.29, 0.717) is 0 Å². The first-order valence-electron chi connectivity index (χ1n) is 5.28. The summed E-state index contributed by atoms with van der Waals surface area (Å²) in [5.74, 6) is -1.64. The molecule has 1 aromatic carbocycles. The largest absolute Gasteiger partial charge is 0.496 e. The van der Waals surface area contributed by atoms with Crippen LogP contribution in [0.5, 0.6) is 5.75 Å². The number of carbonyl (C=O) groups is 1. The molecule has 5 nitrogen and oxygen atoms in total. The van der Waals surface area contributed by atoms with E-state index in [1.165, 1.54) is 0 Å². The van der Waals surface area contributed by atoms with Crippen molar-refractivity contribution in [2.24, 2.45) is 0 Å². The third kappa shape index (κ3) is 2.58. The second-order valence-electron chi connectivity index (χ2n) is 3.79.